The van der Waals surface area contributed by atoms with Gasteiger partial charge in [0.2, 0.25) is 0 Å². The summed E-state index contributed by atoms with van der Waals surface area (Å²) in [5.74, 6) is -0.364. The fourth-order valence-corrected chi connectivity index (χ4v) is 4.05. The summed E-state index contributed by atoms with van der Waals surface area (Å²) < 4.78 is 39.6. The van der Waals surface area contributed by atoms with Crippen molar-refractivity contribution < 1.29 is 18.0 Å². The molecule has 9 heteroatoms. The number of halogens is 3. The van der Waals surface area contributed by atoms with Crippen LogP contribution in [0.25, 0.3) is 20.8 Å². The molecule has 0 aliphatic carbocycles. The summed E-state index contributed by atoms with van der Waals surface area (Å²) in [6, 6.07) is 10.1. The fraction of sp³-hybridized carbons (Fsp3) is 0.0556. The molecule has 4 nitrogen and oxygen atoms in total. The Kier molecular flexibility index (Phi) is 4.40. The number of thiazole rings is 2. The van der Waals surface area contributed by atoms with Crippen molar-refractivity contribution in [2.45, 2.75) is 6.18 Å². The molecule has 2 heterocycles. The minimum absolute atomic E-state index is 0.345. The second-order valence-corrected chi connectivity index (χ2v) is 7.47. The van der Waals surface area contributed by atoms with E-state index in [-0.39, 0.29) is 5.91 Å². The van der Waals surface area contributed by atoms with Crippen LogP contribution in [0, 0.1) is 0 Å². The third-order valence-electron chi connectivity index (χ3n) is 3.75. The Morgan fingerprint density at radius 3 is 2.67 bits per heavy atom. The van der Waals surface area contributed by atoms with E-state index < -0.39 is 11.7 Å². The van der Waals surface area contributed by atoms with Crippen LogP contribution >= 0.6 is 22.7 Å². The number of fused-ring (bicyclic) bond motifs is 1. The predicted molar refractivity (Wildman–Crippen MR) is 100 cm³/mol. The van der Waals surface area contributed by atoms with Crippen LogP contribution < -0.4 is 5.32 Å². The average molecular weight is 405 g/mol. The number of hydrogen-bond acceptors (Lipinski definition) is 5. The third-order valence-corrected chi connectivity index (χ3v) is 5.51. The Morgan fingerprint density at radius 1 is 1.11 bits per heavy atom. The SMILES string of the molecule is O=C(Nc1nccs1)c1cccc2sc(-c3cccc(C(F)(F)F)c3)nc12. The van der Waals surface area contributed by atoms with Gasteiger partial charge in [0.05, 0.1) is 21.3 Å². The number of benzene rings is 2. The lowest BCUT2D eigenvalue weighted by Gasteiger charge is -2.07. The van der Waals surface area contributed by atoms with Crippen molar-refractivity contribution in [1.29, 1.82) is 0 Å². The van der Waals surface area contributed by atoms with E-state index in [1.807, 2.05) is 0 Å². The lowest BCUT2D eigenvalue weighted by atomic mass is 10.1. The number of carbonyl (C=O) groups excluding carboxylic acids is 1. The Hall–Kier alpha value is -2.78. The number of rotatable bonds is 3. The molecule has 2 aromatic carbocycles. The van der Waals surface area contributed by atoms with Gasteiger partial charge in [-0.3, -0.25) is 10.1 Å². The number of carbonyl (C=O) groups is 1. The molecule has 0 aliphatic rings. The molecule has 0 radical (unpaired) electrons. The maximum Gasteiger partial charge on any atom is 0.416 e. The molecule has 4 aromatic rings. The first kappa shape index (κ1) is 17.6. The van der Waals surface area contributed by atoms with Gasteiger partial charge in [0.15, 0.2) is 5.13 Å². The van der Waals surface area contributed by atoms with Crippen LogP contribution in [-0.2, 0) is 6.18 Å². The van der Waals surface area contributed by atoms with Gasteiger partial charge in [-0.05, 0) is 24.3 Å². The number of aromatic nitrogens is 2. The van der Waals surface area contributed by atoms with Gasteiger partial charge in [0.1, 0.15) is 5.01 Å². The maximum absolute atomic E-state index is 13.0. The highest BCUT2D eigenvalue weighted by molar-refractivity contribution is 7.21. The van der Waals surface area contributed by atoms with Gasteiger partial charge in [0.25, 0.3) is 5.91 Å². The minimum atomic E-state index is -4.43. The van der Waals surface area contributed by atoms with E-state index >= 15 is 0 Å². The van der Waals surface area contributed by atoms with E-state index in [2.05, 4.69) is 15.3 Å². The molecule has 4 rings (SSSR count). The zero-order chi connectivity index (χ0) is 19.0. The van der Waals surface area contributed by atoms with Gasteiger partial charge in [-0.1, -0.05) is 18.2 Å². The summed E-state index contributed by atoms with van der Waals surface area (Å²) >= 11 is 2.53. The zero-order valence-corrected chi connectivity index (χ0v) is 15.1. The molecule has 2 aromatic heterocycles. The highest BCUT2D eigenvalue weighted by Crippen LogP contribution is 2.35. The topological polar surface area (TPSA) is 54.9 Å². The zero-order valence-electron chi connectivity index (χ0n) is 13.4. The molecule has 0 bridgehead atoms. The molecular formula is C18H10F3N3OS2. The van der Waals surface area contributed by atoms with Crippen molar-refractivity contribution in [3.8, 4) is 10.6 Å². The largest absolute Gasteiger partial charge is 0.416 e. The van der Waals surface area contributed by atoms with Crippen LogP contribution in [0.1, 0.15) is 15.9 Å². The predicted octanol–water partition coefficient (Wildman–Crippen LogP) is 5.69. The van der Waals surface area contributed by atoms with Gasteiger partial charge in [-0.25, -0.2) is 9.97 Å². The first-order chi connectivity index (χ1) is 12.9. The van der Waals surface area contributed by atoms with E-state index in [9.17, 15) is 18.0 Å². The standard InChI is InChI=1S/C18H10F3N3OS2/c19-18(20,21)11-4-1-3-10(9-11)16-23-14-12(5-2-6-13(14)27-16)15(25)24-17-22-7-8-26-17/h1-9H,(H,22,24,25). The van der Waals surface area contributed by atoms with E-state index in [1.54, 1.807) is 35.8 Å². The summed E-state index contributed by atoms with van der Waals surface area (Å²) in [7, 11) is 0. The van der Waals surface area contributed by atoms with Gasteiger partial charge < -0.3 is 0 Å². The number of nitrogens with one attached hydrogen (secondary N) is 1. The van der Waals surface area contributed by atoms with Crippen molar-refractivity contribution in [3.05, 3.63) is 65.2 Å². The number of alkyl halides is 3. The molecule has 136 valence electrons. The lowest BCUT2D eigenvalue weighted by molar-refractivity contribution is -0.137. The normalized spacial score (nSPS) is 11.7. The molecule has 0 unspecified atom stereocenters. The Morgan fingerprint density at radius 2 is 1.93 bits per heavy atom. The highest BCUT2D eigenvalue weighted by Gasteiger charge is 2.30. The Balaban J connectivity index is 1.74. The second kappa shape index (κ2) is 6.75. The molecule has 0 spiro atoms. The summed E-state index contributed by atoms with van der Waals surface area (Å²) in [6.07, 6.45) is -2.85. The van der Waals surface area contributed by atoms with Crippen LogP contribution in [0.2, 0.25) is 0 Å². The smallest absolute Gasteiger partial charge is 0.298 e. The summed E-state index contributed by atoms with van der Waals surface area (Å²) in [6.45, 7) is 0. The van der Waals surface area contributed by atoms with Crippen LogP contribution in [0.4, 0.5) is 18.3 Å². The summed E-state index contributed by atoms with van der Waals surface area (Å²) in [5.41, 5.74) is 0.416. The van der Waals surface area contributed by atoms with Crippen LogP contribution in [0.3, 0.4) is 0 Å². The molecule has 27 heavy (non-hydrogen) atoms. The van der Waals surface area contributed by atoms with E-state index in [1.165, 1.54) is 28.7 Å². The summed E-state index contributed by atoms with van der Waals surface area (Å²) in [5, 5.41) is 5.32. The van der Waals surface area contributed by atoms with E-state index in [0.29, 0.717) is 31.5 Å². The van der Waals surface area contributed by atoms with Crippen molar-refractivity contribution in [1.82, 2.24) is 9.97 Å². The maximum atomic E-state index is 13.0. The van der Waals surface area contributed by atoms with Gasteiger partial charge in [-0.2, -0.15) is 13.2 Å². The van der Waals surface area contributed by atoms with Gasteiger partial charge in [-0.15, -0.1) is 22.7 Å². The van der Waals surface area contributed by atoms with Crippen molar-refractivity contribution in [2.75, 3.05) is 5.32 Å². The number of amides is 1. The quantitative estimate of drug-likeness (QED) is 0.476. The highest BCUT2D eigenvalue weighted by atomic mass is 32.1. The van der Waals surface area contributed by atoms with E-state index in [0.717, 1.165) is 12.1 Å². The first-order valence-corrected chi connectivity index (χ1v) is 9.39. The molecule has 1 N–H and O–H groups in total. The fourth-order valence-electron chi connectivity index (χ4n) is 2.53. The summed E-state index contributed by atoms with van der Waals surface area (Å²) in [4.78, 5) is 21.0. The van der Waals surface area contributed by atoms with Crippen LogP contribution in [0.15, 0.2) is 54.0 Å². The second-order valence-electron chi connectivity index (χ2n) is 5.54. The van der Waals surface area contributed by atoms with Crippen molar-refractivity contribution >= 4 is 43.9 Å². The first-order valence-electron chi connectivity index (χ1n) is 7.70. The Bertz CT molecular complexity index is 1120. The Labute approximate surface area is 159 Å². The third kappa shape index (κ3) is 3.56. The average Bonchev–Trinajstić information content (AvgIpc) is 3.30. The molecule has 0 aliphatic heterocycles. The number of para-hydroxylation sites is 1. The molecule has 0 saturated carbocycles. The monoisotopic (exact) mass is 405 g/mol. The molecule has 1 amide bonds. The van der Waals surface area contributed by atoms with Gasteiger partial charge in [0, 0.05) is 17.1 Å². The van der Waals surface area contributed by atoms with E-state index in [4.69, 9.17) is 0 Å². The molecule has 0 saturated heterocycles. The number of anilines is 1. The van der Waals surface area contributed by atoms with Gasteiger partial charge >= 0.3 is 6.18 Å². The molecular weight excluding hydrogens is 395 g/mol. The lowest BCUT2D eigenvalue weighted by Crippen LogP contribution is -2.12. The van der Waals surface area contributed by atoms with Crippen LogP contribution in [-0.4, -0.2) is 15.9 Å². The molecule has 0 fully saturated rings. The van der Waals surface area contributed by atoms with Crippen LogP contribution in [0.5, 0.6) is 0 Å². The number of hydrogen-bond donors (Lipinski definition) is 1. The minimum Gasteiger partial charge on any atom is -0.298 e. The van der Waals surface area contributed by atoms with Crippen molar-refractivity contribution in [2.24, 2.45) is 0 Å². The number of nitrogens with zero attached hydrogens (tertiary/aromatic N) is 2. The molecule has 0 atom stereocenters. The van der Waals surface area contributed by atoms with Crippen molar-refractivity contribution in [3.63, 3.8) is 0 Å².